The van der Waals surface area contributed by atoms with E-state index in [0.717, 1.165) is 11.3 Å². The maximum Gasteiger partial charge on any atom is 0.270 e. The Morgan fingerprint density at radius 2 is 2.08 bits per heavy atom. The zero-order valence-electron chi connectivity index (χ0n) is 20.1. The SMILES string of the molecule is C#CCNC(=O)C(C#N)=c1sc(=CNc2cccc(NC(=O)CN3CCCC(F)(F)C3)c2)c(=O)n1CC. The molecule has 9 nitrogen and oxygen atoms in total. The quantitative estimate of drug-likeness (QED) is 0.438. The molecule has 0 aliphatic carbocycles. The van der Waals surface area contributed by atoms with Crippen molar-refractivity contribution in [2.24, 2.45) is 0 Å². The second-order valence-electron chi connectivity index (χ2n) is 8.28. The lowest BCUT2D eigenvalue weighted by molar-refractivity contribution is -0.120. The van der Waals surface area contributed by atoms with Crippen molar-refractivity contribution in [3.63, 3.8) is 0 Å². The molecule has 0 atom stereocenters. The first-order valence-electron chi connectivity index (χ1n) is 11.5. The number of hydrogen-bond donors (Lipinski definition) is 3. The summed E-state index contributed by atoms with van der Waals surface area (Å²) >= 11 is 0.982. The van der Waals surface area contributed by atoms with Crippen LogP contribution in [0.3, 0.4) is 0 Å². The number of thiazole rings is 1. The normalized spacial score (nSPS) is 16.3. The molecular weight excluding hydrogens is 502 g/mol. The van der Waals surface area contributed by atoms with Gasteiger partial charge in [0.1, 0.15) is 15.3 Å². The molecule has 0 unspecified atom stereocenters. The average Bonchev–Trinajstić information content (AvgIpc) is 3.16. The largest absolute Gasteiger partial charge is 0.360 e. The molecule has 12 heteroatoms. The predicted octanol–water partition coefficient (Wildman–Crippen LogP) is 0.873. The second-order valence-corrected chi connectivity index (χ2v) is 9.31. The first kappa shape index (κ1) is 27.6. The number of hydrogen-bond acceptors (Lipinski definition) is 7. The Morgan fingerprint density at radius 3 is 2.76 bits per heavy atom. The molecule has 1 aliphatic rings. The zero-order chi connectivity index (χ0) is 27.0. The molecule has 3 N–H and O–H groups in total. The van der Waals surface area contributed by atoms with E-state index in [4.69, 9.17) is 6.42 Å². The van der Waals surface area contributed by atoms with Crippen LogP contribution in [0.4, 0.5) is 20.2 Å². The summed E-state index contributed by atoms with van der Waals surface area (Å²) in [6.07, 6.45) is 6.77. The van der Waals surface area contributed by atoms with E-state index in [-0.39, 0.29) is 46.4 Å². The number of anilines is 2. The number of aromatic nitrogens is 1. The van der Waals surface area contributed by atoms with Crippen LogP contribution in [0.1, 0.15) is 19.8 Å². The number of nitrogens with one attached hydrogen (secondary N) is 3. The highest BCUT2D eigenvalue weighted by Crippen LogP contribution is 2.26. The number of nitrogens with zero attached hydrogens (tertiary/aromatic N) is 3. The van der Waals surface area contributed by atoms with Gasteiger partial charge in [-0.1, -0.05) is 12.0 Å². The van der Waals surface area contributed by atoms with Crippen LogP contribution in [-0.4, -0.2) is 53.4 Å². The van der Waals surface area contributed by atoms with E-state index in [0.29, 0.717) is 24.3 Å². The van der Waals surface area contributed by atoms with E-state index in [1.54, 1.807) is 31.2 Å². The van der Waals surface area contributed by atoms with Crippen LogP contribution in [0.15, 0.2) is 29.1 Å². The molecule has 37 heavy (non-hydrogen) atoms. The summed E-state index contributed by atoms with van der Waals surface area (Å²) < 4.78 is 29.0. The van der Waals surface area contributed by atoms with Crippen LogP contribution in [0.5, 0.6) is 0 Å². The van der Waals surface area contributed by atoms with Gasteiger partial charge >= 0.3 is 0 Å². The molecule has 2 aromatic rings. The van der Waals surface area contributed by atoms with Gasteiger partial charge in [-0.15, -0.1) is 17.8 Å². The average molecular weight is 529 g/mol. The molecule has 2 amide bonds. The Labute approximate surface area is 216 Å². The number of piperidine rings is 1. The molecule has 1 fully saturated rings. The van der Waals surface area contributed by atoms with Gasteiger partial charge in [0.05, 0.1) is 19.6 Å². The molecule has 0 saturated carbocycles. The number of halogens is 2. The summed E-state index contributed by atoms with van der Waals surface area (Å²) in [6, 6.07) is 8.53. The maximum atomic E-state index is 13.6. The number of terminal acetylenes is 1. The molecule has 2 heterocycles. The van der Waals surface area contributed by atoms with E-state index in [2.05, 4.69) is 21.9 Å². The highest BCUT2D eigenvalue weighted by molar-refractivity contribution is 7.07. The topological polar surface area (TPSA) is 119 Å². The number of nitriles is 1. The van der Waals surface area contributed by atoms with Gasteiger partial charge in [-0.3, -0.25) is 23.9 Å². The zero-order valence-corrected chi connectivity index (χ0v) is 21.0. The minimum absolute atomic E-state index is 0.0519. The number of rotatable bonds is 8. The van der Waals surface area contributed by atoms with Crippen LogP contribution in [0.2, 0.25) is 0 Å². The minimum atomic E-state index is -2.78. The molecule has 194 valence electrons. The lowest BCUT2D eigenvalue weighted by atomic mass is 10.1. The fourth-order valence-corrected chi connectivity index (χ4v) is 4.91. The van der Waals surface area contributed by atoms with Crippen molar-refractivity contribution >= 4 is 46.3 Å². The van der Waals surface area contributed by atoms with Gasteiger partial charge in [0, 0.05) is 30.5 Å². The Morgan fingerprint density at radius 1 is 1.32 bits per heavy atom. The number of carbonyl (C=O) groups excluding carboxylic acids is 2. The first-order valence-corrected chi connectivity index (χ1v) is 12.3. The molecule has 1 saturated heterocycles. The standard InChI is InChI=1S/C25H26F2N6O3S/c1-3-10-29-22(35)19(13-28)24-33(4-2)23(36)20(37-24)14-30-17-7-5-8-18(12-17)31-21(34)15-32-11-6-9-25(26,27)16-32/h1,5,7-8,12,14,30H,4,6,9-11,15-16H2,2H3,(H,29,35)(H,31,34). The number of amides is 2. The maximum absolute atomic E-state index is 13.6. The Bertz CT molecular complexity index is 1430. The second kappa shape index (κ2) is 12.3. The van der Waals surface area contributed by atoms with Crippen LogP contribution >= 0.6 is 11.3 Å². The molecular formula is C25H26F2N6O3S. The Hall–Kier alpha value is -4.00. The van der Waals surface area contributed by atoms with E-state index in [1.165, 1.54) is 15.7 Å². The monoisotopic (exact) mass is 528 g/mol. The van der Waals surface area contributed by atoms with Gasteiger partial charge in [-0.25, -0.2) is 8.78 Å². The third-order valence-electron chi connectivity index (χ3n) is 5.48. The fraction of sp³-hybridized carbons (Fsp3) is 0.360. The van der Waals surface area contributed by atoms with Gasteiger partial charge in [-0.05, 0) is 38.1 Å². The van der Waals surface area contributed by atoms with Crippen LogP contribution in [0, 0.1) is 23.7 Å². The third kappa shape index (κ3) is 7.26. The van der Waals surface area contributed by atoms with Gasteiger partial charge in [0.25, 0.3) is 17.4 Å². The van der Waals surface area contributed by atoms with Crippen molar-refractivity contribution in [2.45, 2.75) is 32.2 Å². The van der Waals surface area contributed by atoms with Crippen molar-refractivity contribution in [1.29, 1.82) is 5.26 Å². The summed E-state index contributed by atoms with van der Waals surface area (Å²) in [5.41, 5.74) is 0.413. The fourth-order valence-electron chi connectivity index (χ4n) is 3.83. The number of alkyl halides is 2. The van der Waals surface area contributed by atoms with Crippen LogP contribution < -0.4 is 30.7 Å². The van der Waals surface area contributed by atoms with Gasteiger partial charge in [0.15, 0.2) is 5.57 Å². The van der Waals surface area contributed by atoms with Crippen molar-refractivity contribution in [1.82, 2.24) is 14.8 Å². The number of benzene rings is 1. The van der Waals surface area contributed by atoms with Crippen molar-refractivity contribution in [3.8, 4) is 18.4 Å². The van der Waals surface area contributed by atoms with Gasteiger partial charge < -0.3 is 16.0 Å². The minimum Gasteiger partial charge on any atom is -0.360 e. The molecule has 0 radical (unpaired) electrons. The summed E-state index contributed by atoms with van der Waals surface area (Å²) in [6.45, 7) is 1.78. The third-order valence-corrected chi connectivity index (χ3v) is 6.61. The van der Waals surface area contributed by atoms with Gasteiger partial charge in [0.2, 0.25) is 5.91 Å². The Kier molecular flexibility index (Phi) is 9.17. The van der Waals surface area contributed by atoms with Crippen molar-refractivity contribution in [2.75, 3.05) is 36.8 Å². The van der Waals surface area contributed by atoms with Gasteiger partial charge in [-0.2, -0.15) is 5.26 Å². The predicted molar refractivity (Wildman–Crippen MR) is 138 cm³/mol. The molecule has 1 aliphatic heterocycles. The summed E-state index contributed by atoms with van der Waals surface area (Å²) in [7, 11) is 0. The highest BCUT2D eigenvalue weighted by atomic mass is 32.1. The molecule has 0 bridgehead atoms. The molecule has 0 spiro atoms. The lowest BCUT2D eigenvalue weighted by Crippen LogP contribution is -2.45. The van der Waals surface area contributed by atoms with E-state index >= 15 is 0 Å². The van der Waals surface area contributed by atoms with E-state index < -0.39 is 24.3 Å². The number of carbonyl (C=O) groups is 2. The lowest BCUT2D eigenvalue weighted by Gasteiger charge is -2.31. The summed E-state index contributed by atoms with van der Waals surface area (Å²) in [5, 5.41) is 17.6. The van der Waals surface area contributed by atoms with E-state index in [1.807, 2.05) is 6.07 Å². The molecule has 3 rings (SSSR count). The van der Waals surface area contributed by atoms with Crippen molar-refractivity contribution in [3.05, 3.63) is 43.8 Å². The van der Waals surface area contributed by atoms with Crippen LogP contribution in [-0.2, 0) is 16.1 Å². The number of likely N-dealkylation sites (tertiary alicyclic amines) is 1. The highest BCUT2D eigenvalue weighted by Gasteiger charge is 2.35. The molecule has 1 aromatic heterocycles. The molecule has 1 aromatic carbocycles. The van der Waals surface area contributed by atoms with Crippen LogP contribution in [0.25, 0.3) is 11.8 Å². The Balaban J connectivity index is 1.78. The summed E-state index contributed by atoms with van der Waals surface area (Å²) in [4.78, 5) is 39.0. The summed E-state index contributed by atoms with van der Waals surface area (Å²) in [5.74, 6) is -1.60. The van der Waals surface area contributed by atoms with E-state index in [9.17, 15) is 28.4 Å². The van der Waals surface area contributed by atoms with Crippen molar-refractivity contribution < 1.29 is 18.4 Å². The first-order chi connectivity index (χ1) is 17.7. The smallest absolute Gasteiger partial charge is 0.270 e.